The van der Waals surface area contributed by atoms with Gasteiger partial charge in [0, 0.05) is 0 Å². The van der Waals surface area contributed by atoms with Crippen molar-refractivity contribution >= 4 is 0 Å². The molecule has 0 aliphatic rings. The lowest BCUT2D eigenvalue weighted by Gasteiger charge is -2.24. The van der Waals surface area contributed by atoms with Crippen LogP contribution in [0.25, 0.3) is 0 Å². The van der Waals surface area contributed by atoms with Gasteiger partial charge in [-0.2, -0.15) is 0 Å². The van der Waals surface area contributed by atoms with Crippen molar-refractivity contribution < 1.29 is 5.11 Å². The van der Waals surface area contributed by atoms with Gasteiger partial charge in [-0.05, 0) is 11.8 Å². The molecular formula is C10H21O. The highest BCUT2D eigenvalue weighted by atomic mass is 16.3. The zero-order valence-corrected chi connectivity index (χ0v) is 8.28. The summed E-state index contributed by atoms with van der Waals surface area (Å²) in [5.74, 6) is 0. The summed E-state index contributed by atoms with van der Waals surface area (Å²) >= 11 is 0. The fourth-order valence-corrected chi connectivity index (χ4v) is 0.917. The van der Waals surface area contributed by atoms with Crippen LogP contribution in [0.15, 0.2) is 0 Å². The average Bonchev–Trinajstić information content (AvgIpc) is 1.86. The number of unbranched alkanes of at least 4 members (excludes halogenated alkanes) is 2. The average molecular weight is 157 g/mol. The summed E-state index contributed by atoms with van der Waals surface area (Å²) in [6, 6.07) is 0. The van der Waals surface area contributed by atoms with Gasteiger partial charge in [-0.25, -0.2) is 0 Å². The van der Waals surface area contributed by atoms with E-state index in [9.17, 15) is 5.11 Å². The lowest BCUT2D eigenvalue weighted by atomic mass is 9.86. The number of rotatable bonds is 4. The van der Waals surface area contributed by atoms with Crippen molar-refractivity contribution in [3.05, 3.63) is 6.10 Å². The molecule has 67 valence electrons. The Kier molecular flexibility index (Phi) is 4.74. The van der Waals surface area contributed by atoms with E-state index in [1.807, 2.05) is 20.8 Å². The highest BCUT2D eigenvalue weighted by molar-refractivity contribution is 4.88. The van der Waals surface area contributed by atoms with Crippen molar-refractivity contribution in [2.45, 2.75) is 53.4 Å². The van der Waals surface area contributed by atoms with Crippen LogP contribution in [0, 0.1) is 11.5 Å². The van der Waals surface area contributed by atoms with E-state index in [-0.39, 0.29) is 5.41 Å². The molecule has 0 saturated carbocycles. The molecule has 0 amide bonds. The van der Waals surface area contributed by atoms with E-state index in [4.69, 9.17) is 0 Å². The minimum Gasteiger partial charge on any atom is -0.386 e. The molecule has 1 heteroatoms. The Labute approximate surface area is 70.8 Å². The Morgan fingerprint density at radius 1 is 1.18 bits per heavy atom. The zero-order valence-electron chi connectivity index (χ0n) is 8.28. The van der Waals surface area contributed by atoms with E-state index in [2.05, 4.69) is 6.92 Å². The van der Waals surface area contributed by atoms with Gasteiger partial charge in [0.2, 0.25) is 0 Å². The number of hydrogen-bond acceptors (Lipinski definition) is 1. The molecule has 0 saturated heterocycles. The van der Waals surface area contributed by atoms with Crippen LogP contribution in [0.2, 0.25) is 0 Å². The van der Waals surface area contributed by atoms with Gasteiger partial charge in [-0.15, -0.1) is 0 Å². The molecule has 0 spiro atoms. The quantitative estimate of drug-likeness (QED) is 0.619. The third-order valence-corrected chi connectivity index (χ3v) is 1.88. The molecule has 0 unspecified atom stereocenters. The van der Waals surface area contributed by atoms with Crippen LogP contribution in [0.5, 0.6) is 0 Å². The summed E-state index contributed by atoms with van der Waals surface area (Å²) in [6.45, 7) is 8.32. The Morgan fingerprint density at radius 3 is 2.09 bits per heavy atom. The van der Waals surface area contributed by atoms with E-state index in [0.717, 1.165) is 12.8 Å². The number of hydrogen-bond donors (Lipinski definition) is 1. The second kappa shape index (κ2) is 4.76. The topological polar surface area (TPSA) is 20.2 Å². The first-order valence-electron chi connectivity index (χ1n) is 4.53. The third kappa shape index (κ3) is 5.25. The maximum Gasteiger partial charge on any atom is 0.0986 e. The van der Waals surface area contributed by atoms with Gasteiger partial charge >= 0.3 is 0 Å². The predicted molar refractivity (Wildman–Crippen MR) is 48.8 cm³/mol. The molecule has 0 aromatic carbocycles. The Morgan fingerprint density at radius 2 is 1.73 bits per heavy atom. The van der Waals surface area contributed by atoms with Crippen LogP contribution >= 0.6 is 0 Å². The number of aliphatic hydroxyl groups is 1. The second-order valence-electron chi connectivity index (χ2n) is 4.15. The van der Waals surface area contributed by atoms with Crippen LogP contribution < -0.4 is 0 Å². The molecule has 0 aromatic heterocycles. The minimum atomic E-state index is -0.0201. The smallest absolute Gasteiger partial charge is 0.0986 e. The first kappa shape index (κ1) is 11.0. The van der Waals surface area contributed by atoms with Crippen LogP contribution in [0.3, 0.4) is 0 Å². The Bertz CT molecular complexity index is 91.5. The molecular weight excluding hydrogens is 136 g/mol. The zero-order chi connectivity index (χ0) is 8.91. The summed E-state index contributed by atoms with van der Waals surface area (Å²) in [4.78, 5) is 0. The van der Waals surface area contributed by atoms with Crippen molar-refractivity contribution in [3.63, 3.8) is 0 Å². The van der Waals surface area contributed by atoms with E-state index < -0.39 is 0 Å². The van der Waals surface area contributed by atoms with Crippen LogP contribution in [0.4, 0.5) is 0 Å². The predicted octanol–water partition coefficient (Wildman–Crippen LogP) is 3.52. The van der Waals surface area contributed by atoms with E-state index >= 15 is 0 Å². The molecule has 1 N–H and O–H groups in total. The Hall–Kier alpha value is -0.0400. The van der Waals surface area contributed by atoms with Crippen molar-refractivity contribution in [2.24, 2.45) is 5.41 Å². The second-order valence-corrected chi connectivity index (χ2v) is 4.15. The number of aliphatic hydroxyl groups excluding tert-OH is 1. The molecule has 0 heterocycles. The van der Waals surface area contributed by atoms with E-state index in [0.29, 0.717) is 6.10 Å². The largest absolute Gasteiger partial charge is 0.386 e. The molecule has 0 aliphatic heterocycles. The third-order valence-electron chi connectivity index (χ3n) is 1.88. The molecule has 0 fully saturated rings. The van der Waals surface area contributed by atoms with Crippen molar-refractivity contribution in [2.75, 3.05) is 0 Å². The van der Waals surface area contributed by atoms with Gasteiger partial charge in [0.15, 0.2) is 0 Å². The summed E-state index contributed by atoms with van der Waals surface area (Å²) in [6.07, 6.45) is 5.08. The standard InChI is InChI=1S/C10H21O/c1-5-6-7-8-9(11)10(2,3)4/h11H,5-8H2,1-4H3. The van der Waals surface area contributed by atoms with Crippen molar-refractivity contribution in [1.82, 2.24) is 0 Å². The maximum atomic E-state index is 9.53. The monoisotopic (exact) mass is 157 g/mol. The molecule has 1 nitrogen and oxygen atoms in total. The maximum absolute atomic E-state index is 9.53. The first-order valence-corrected chi connectivity index (χ1v) is 4.53. The highest BCUT2D eigenvalue weighted by Crippen LogP contribution is 2.29. The van der Waals surface area contributed by atoms with Gasteiger partial charge in [0.25, 0.3) is 0 Å². The normalized spacial score (nSPS) is 12.5. The lowest BCUT2D eigenvalue weighted by Crippen LogP contribution is -2.17. The fourth-order valence-electron chi connectivity index (χ4n) is 0.917. The SMILES string of the molecule is CCCCC[C](O)C(C)(C)C. The van der Waals surface area contributed by atoms with Crippen LogP contribution in [-0.4, -0.2) is 5.11 Å². The van der Waals surface area contributed by atoms with Crippen molar-refractivity contribution in [1.29, 1.82) is 0 Å². The molecule has 0 bridgehead atoms. The van der Waals surface area contributed by atoms with Crippen LogP contribution in [-0.2, 0) is 0 Å². The molecule has 0 atom stereocenters. The molecule has 0 rings (SSSR count). The van der Waals surface area contributed by atoms with Crippen LogP contribution in [0.1, 0.15) is 53.4 Å². The van der Waals surface area contributed by atoms with Gasteiger partial charge in [0.1, 0.15) is 0 Å². The lowest BCUT2D eigenvalue weighted by molar-refractivity contribution is 0.163. The summed E-state index contributed by atoms with van der Waals surface area (Å²) in [7, 11) is 0. The minimum absolute atomic E-state index is 0.0201. The van der Waals surface area contributed by atoms with Gasteiger partial charge in [-0.1, -0.05) is 47.0 Å². The highest BCUT2D eigenvalue weighted by Gasteiger charge is 2.22. The fraction of sp³-hybridized carbons (Fsp3) is 0.900. The van der Waals surface area contributed by atoms with Gasteiger partial charge in [-0.3, -0.25) is 0 Å². The van der Waals surface area contributed by atoms with Gasteiger partial charge in [0.05, 0.1) is 6.10 Å². The first-order chi connectivity index (χ1) is 4.98. The van der Waals surface area contributed by atoms with E-state index in [1.54, 1.807) is 0 Å². The van der Waals surface area contributed by atoms with Crippen molar-refractivity contribution in [3.8, 4) is 0 Å². The van der Waals surface area contributed by atoms with E-state index in [1.165, 1.54) is 12.8 Å². The molecule has 11 heavy (non-hydrogen) atoms. The van der Waals surface area contributed by atoms with Gasteiger partial charge < -0.3 is 5.11 Å². The molecule has 0 aromatic rings. The summed E-state index contributed by atoms with van der Waals surface area (Å²) < 4.78 is 0. The Balaban J connectivity index is 3.44. The molecule has 1 radical (unpaired) electrons. The molecule has 0 aliphatic carbocycles. The summed E-state index contributed by atoms with van der Waals surface area (Å²) in [5.41, 5.74) is -0.0201. The summed E-state index contributed by atoms with van der Waals surface area (Å²) in [5, 5.41) is 9.53.